The summed E-state index contributed by atoms with van der Waals surface area (Å²) in [5.41, 5.74) is 0. The fourth-order valence-electron chi connectivity index (χ4n) is 3.76. The van der Waals surface area contributed by atoms with Crippen LogP contribution in [0.15, 0.2) is 0 Å². The maximum absolute atomic E-state index is 2.47. The van der Waals surface area contributed by atoms with E-state index in [4.69, 9.17) is 0 Å². The molecule has 0 aromatic heterocycles. The van der Waals surface area contributed by atoms with Crippen LogP contribution >= 0.6 is 11.8 Å². The molecule has 0 nitrogen and oxygen atoms in total. The van der Waals surface area contributed by atoms with Crippen molar-refractivity contribution in [1.29, 1.82) is 0 Å². The lowest BCUT2D eigenvalue weighted by Gasteiger charge is -2.39. The van der Waals surface area contributed by atoms with Gasteiger partial charge in [0.1, 0.15) is 0 Å². The standard InChI is InChI=1S/C11H18S/c1-7-11-5-8-2-3-9(11)6-10(4-8)12-7/h7-11H,2-6H2,1H3/t7?,8-,9?,10-,11?/m1/s1. The summed E-state index contributed by atoms with van der Waals surface area (Å²) in [4.78, 5) is 0. The van der Waals surface area contributed by atoms with Gasteiger partial charge in [-0.15, -0.1) is 0 Å². The van der Waals surface area contributed by atoms with E-state index in [0.717, 1.165) is 28.3 Å². The van der Waals surface area contributed by atoms with E-state index in [-0.39, 0.29) is 0 Å². The highest BCUT2D eigenvalue weighted by Gasteiger charge is 2.44. The summed E-state index contributed by atoms with van der Waals surface area (Å²) in [6.45, 7) is 2.47. The van der Waals surface area contributed by atoms with Gasteiger partial charge in [0, 0.05) is 10.5 Å². The topological polar surface area (TPSA) is 0 Å². The predicted molar refractivity (Wildman–Crippen MR) is 54.4 cm³/mol. The average Bonchev–Trinajstić information content (AvgIpc) is 2.37. The van der Waals surface area contributed by atoms with E-state index < -0.39 is 0 Å². The van der Waals surface area contributed by atoms with E-state index in [1.807, 2.05) is 0 Å². The highest BCUT2D eigenvalue weighted by molar-refractivity contribution is 8.00. The second-order valence-corrected chi connectivity index (χ2v) is 6.72. The first-order valence-electron chi connectivity index (χ1n) is 5.48. The molecule has 3 unspecified atom stereocenters. The highest BCUT2D eigenvalue weighted by Crippen LogP contribution is 2.54. The minimum absolute atomic E-state index is 0.985. The van der Waals surface area contributed by atoms with Crippen LogP contribution in [0.2, 0.25) is 0 Å². The molecule has 0 radical (unpaired) electrons. The summed E-state index contributed by atoms with van der Waals surface area (Å²) in [6.07, 6.45) is 7.83. The molecule has 3 saturated carbocycles. The van der Waals surface area contributed by atoms with Crippen LogP contribution in [0.3, 0.4) is 0 Å². The first-order valence-corrected chi connectivity index (χ1v) is 6.42. The second kappa shape index (κ2) is 2.67. The van der Waals surface area contributed by atoms with Crippen molar-refractivity contribution in [1.82, 2.24) is 0 Å². The van der Waals surface area contributed by atoms with Crippen LogP contribution in [0.4, 0.5) is 0 Å². The molecular weight excluding hydrogens is 164 g/mol. The number of rotatable bonds is 0. The van der Waals surface area contributed by atoms with Crippen LogP contribution in [0.1, 0.15) is 39.0 Å². The maximum Gasteiger partial charge on any atom is 0.00552 e. The zero-order valence-corrected chi connectivity index (χ0v) is 8.65. The van der Waals surface area contributed by atoms with Gasteiger partial charge in [-0.1, -0.05) is 13.3 Å². The predicted octanol–water partition coefficient (Wildman–Crippen LogP) is 3.32. The van der Waals surface area contributed by atoms with E-state index in [2.05, 4.69) is 18.7 Å². The Morgan fingerprint density at radius 1 is 1.08 bits per heavy atom. The summed E-state index contributed by atoms with van der Waals surface area (Å²) >= 11 is 2.30. The van der Waals surface area contributed by atoms with Crippen molar-refractivity contribution in [3.05, 3.63) is 0 Å². The van der Waals surface area contributed by atoms with E-state index in [9.17, 15) is 0 Å². The summed E-state index contributed by atoms with van der Waals surface area (Å²) in [5.74, 6) is 3.36. The van der Waals surface area contributed by atoms with Crippen LogP contribution in [0, 0.1) is 17.8 Å². The van der Waals surface area contributed by atoms with E-state index >= 15 is 0 Å². The average molecular weight is 182 g/mol. The van der Waals surface area contributed by atoms with Gasteiger partial charge < -0.3 is 0 Å². The maximum atomic E-state index is 2.47. The highest BCUT2D eigenvalue weighted by atomic mass is 32.2. The van der Waals surface area contributed by atoms with Gasteiger partial charge in [-0.05, 0) is 43.4 Å². The van der Waals surface area contributed by atoms with Crippen molar-refractivity contribution in [2.24, 2.45) is 17.8 Å². The lowest BCUT2D eigenvalue weighted by molar-refractivity contribution is 0.201. The van der Waals surface area contributed by atoms with Gasteiger partial charge >= 0.3 is 0 Å². The molecule has 4 bridgehead atoms. The molecule has 5 fully saturated rings. The third-order valence-corrected chi connectivity index (χ3v) is 5.88. The molecule has 0 N–H and O–H groups in total. The van der Waals surface area contributed by atoms with Gasteiger partial charge in [0.2, 0.25) is 0 Å². The normalized spacial score (nSPS) is 57.2. The van der Waals surface area contributed by atoms with E-state index in [1.54, 1.807) is 32.1 Å². The zero-order chi connectivity index (χ0) is 8.13. The van der Waals surface area contributed by atoms with Crippen molar-refractivity contribution < 1.29 is 0 Å². The minimum atomic E-state index is 0.985. The molecule has 2 saturated heterocycles. The molecule has 0 spiro atoms. The van der Waals surface area contributed by atoms with Crippen molar-refractivity contribution in [3.8, 4) is 0 Å². The molecular formula is C11H18S. The van der Waals surface area contributed by atoms with Gasteiger partial charge in [-0.3, -0.25) is 0 Å². The van der Waals surface area contributed by atoms with Crippen molar-refractivity contribution in [3.63, 3.8) is 0 Å². The third kappa shape index (κ3) is 1.05. The molecule has 0 aromatic rings. The Bertz CT molecular complexity index is 187. The molecule has 0 aromatic carbocycles. The fraction of sp³-hybridized carbons (Fsp3) is 1.00. The van der Waals surface area contributed by atoms with Gasteiger partial charge in [0.15, 0.2) is 0 Å². The number of hydrogen-bond acceptors (Lipinski definition) is 1. The number of hydrogen-bond donors (Lipinski definition) is 0. The molecule has 5 atom stereocenters. The molecule has 0 amide bonds. The summed E-state index contributed by atoms with van der Waals surface area (Å²) in [7, 11) is 0. The Labute approximate surface area is 79.5 Å². The second-order valence-electron chi connectivity index (χ2n) is 5.04. The lowest BCUT2D eigenvalue weighted by atomic mass is 9.74. The molecule has 5 aliphatic rings. The molecule has 12 heavy (non-hydrogen) atoms. The van der Waals surface area contributed by atoms with Gasteiger partial charge in [-0.2, -0.15) is 11.8 Å². The van der Waals surface area contributed by atoms with Crippen LogP contribution in [0.5, 0.6) is 0 Å². The van der Waals surface area contributed by atoms with Crippen molar-refractivity contribution in [2.45, 2.75) is 49.5 Å². The Balaban J connectivity index is 1.93. The summed E-state index contributed by atoms with van der Waals surface area (Å²) < 4.78 is 0. The van der Waals surface area contributed by atoms with Crippen molar-refractivity contribution >= 4 is 11.8 Å². The smallest absolute Gasteiger partial charge is 0.00552 e. The Morgan fingerprint density at radius 3 is 2.92 bits per heavy atom. The lowest BCUT2D eigenvalue weighted by Crippen LogP contribution is -2.32. The van der Waals surface area contributed by atoms with Crippen LogP contribution in [0.25, 0.3) is 0 Å². The fourth-order valence-corrected chi connectivity index (χ4v) is 5.65. The molecule has 3 aliphatic carbocycles. The van der Waals surface area contributed by atoms with Crippen molar-refractivity contribution in [2.75, 3.05) is 0 Å². The number of fused-ring (bicyclic) bond motifs is 2. The van der Waals surface area contributed by atoms with E-state index in [0.29, 0.717) is 0 Å². The largest absolute Gasteiger partial charge is 0.155 e. The Hall–Kier alpha value is 0.350. The molecule has 2 aliphatic heterocycles. The quantitative estimate of drug-likeness (QED) is 0.554. The Morgan fingerprint density at radius 2 is 2.00 bits per heavy atom. The molecule has 5 rings (SSSR count). The van der Waals surface area contributed by atoms with Crippen LogP contribution < -0.4 is 0 Å². The first-order chi connectivity index (χ1) is 5.83. The molecule has 68 valence electrons. The summed E-state index contributed by atoms with van der Waals surface area (Å²) in [6, 6.07) is 0. The third-order valence-electron chi connectivity index (χ3n) is 4.33. The number of thioether (sulfide) groups is 1. The van der Waals surface area contributed by atoms with Crippen LogP contribution in [-0.4, -0.2) is 10.5 Å². The minimum Gasteiger partial charge on any atom is -0.155 e. The summed E-state index contributed by atoms with van der Waals surface area (Å²) in [5, 5.41) is 2.04. The monoisotopic (exact) mass is 182 g/mol. The molecule has 1 heteroatoms. The van der Waals surface area contributed by atoms with Gasteiger partial charge in [0.05, 0.1) is 0 Å². The van der Waals surface area contributed by atoms with Crippen LogP contribution in [-0.2, 0) is 0 Å². The SMILES string of the molecule is CC1S[C@H]2CC3CC[C@@H](CC31)C2. The first kappa shape index (κ1) is 7.73. The zero-order valence-electron chi connectivity index (χ0n) is 7.83. The van der Waals surface area contributed by atoms with Gasteiger partial charge in [-0.25, -0.2) is 0 Å². The van der Waals surface area contributed by atoms with E-state index in [1.165, 1.54) is 0 Å². The molecule has 2 heterocycles. The Kier molecular flexibility index (Phi) is 1.72. The van der Waals surface area contributed by atoms with Gasteiger partial charge in [0.25, 0.3) is 0 Å².